The van der Waals surface area contributed by atoms with Gasteiger partial charge in [-0.3, -0.25) is 14.6 Å². The molecule has 0 bridgehead atoms. The Hall–Kier alpha value is -1.43. The molecule has 0 radical (unpaired) electrons. The molecule has 3 heterocycles. The highest BCUT2D eigenvalue weighted by molar-refractivity contribution is 5.77. The van der Waals surface area contributed by atoms with Gasteiger partial charge in [0, 0.05) is 38.1 Å². The molecule has 5 heteroatoms. The number of morpholine rings is 1. The minimum atomic E-state index is 0.160. The van der Waals surface area contributed by atoms with Gasteiger partial charge < -0.3 is 10.1 Å². The zero-order valence-electron chi connectivity index (χ0n) is 17.2. The fourth-order valence-electron chi connectivity index (χ4n) is 5.32. The van der Waals surface area contributed by atoms with Gasteiger partial charge in [0.05, 0.1) is 19.4 Å². The first-order valence-electron chi connectivity index (χ1n) is 11.1. The van der Waals surface area contributed by atoms with Gasteiger partial charge in [0.2, 0.25) is 5.91 Å². The van der Waals surface area contributed by atoms with E-state index in [0.717, 1.165) is 51.6 Å². The minimum Gasteiger partial charge on any atom is -0.379 e. The highest BCUT2D eigenvalue weighted by atomic mass is 16.5. The molecule has 3 fully saturated rings. The van der Waals surface area contributed by atoms with Crippen LogP contribution in [0.3, 0.4) is 0 Å². The lowest BCUT2D eigenvalue weighted by Gasteiger charge is -2.45. The first kappa shape index (κ1) is 19.9. The maximum absolute atomic E-state index is 12.6. The van der Waals surface area contributed by atoms with E-state index in [1.807, 2.05) is 0 Å². The Morgan fingerprint density at radius 3 is 2.68 bits per heavy atom. The lowest BCUT2D eigenvalue weighted by atomic mass is 9.93. The van der Waals surface area contributed by atoms with E-state index in [1.165, 1.54) is 24.8 Å². The molecule has 0 aliphatic carbocycles. The van der Waals surface area contributed by atoms with Crippen molar-refractivity contribution < 1.29 is 9.53 Å². The van der Waals surface area contributed by atoms with Crippen LogP contribution in [0.2, 0.25) is 0 Å². The van der Waals surface area contributed by atoms with Crippen molar-refractivity contribution in [1.29, 1.82) is 0 Å². The number of hydrogen-bond donors (Lipinski definition) is 1. The summed E-state index contributed by atoms with van der Waals surface area (Å²) >= 11 is 0. The Kier molecular flexibility index (Phi) is 6.65. The van der Waals surface area contributed by atoms with Gasteiger partial charge in [-0.25, -0.2) is 0 Å². The molecular weight excluding hydrogens is 350 g/mol. The Balaban J connectivity index is 1.50. The zero-order chi connectivity index (χ0) is 19.3. The molecule has 154 valence electrons. The Labute approximate surface area is 169 Å². The third-order valence-electron chi connectivity index (χ3n) is 6.78. The molecule has 4 rings (SSSR count). The van der Waals surface area contributed by atoms with Crippen LogP contribution in [0.5, 0.6) is 0 Å². The largest absolute Gasteiger partial charge is 0.379 e. The smallest absolute Gasteiger partial charge is 0.222 e. The van der Waals surface area contributed by atoms with Crippen molar-refractivity contribution in [3.8, 4) is 0 Å². The molecule has 3 aliphatic heterocycles. The molecule has 1 amide bonds. The number of benzene rings is 1. The van der Waals surface area contributed by atoms with Gasteiger partial charge in [-0.2, -0.15) is 0 Å². The van der Waals surface area contributed by atoms with E-state index in [9.17, 15) is 4.79 Å². The Bertz CT molecular complexity index is 632. The van der Waals surface area contributed by atoms with Gasteiger partial charge in [0.15, 0.2) is 0 Å². The predicted octanol–water partition coefficient (Wildman–Crippen LogP) is 2.66. The van der Waals surface area contributed by atoms with Crippen LogP contribution in [0.15, 0.2) is 30.3 Å². The van der Waals surface area contributed by atoms with Crippen molar-refractivity contribution in [1.82, 2.24) is 15.1 Å². The van der Waals surface area contributed by atoms with Gasteiger partial charge in [-0.05, 0) is 43.6 Å². The van der Waals surface area contributed by atoms with Gasteiger partial charge in [-0.1, -0.05) is 37.3 Å². The van der Waals surface area contributed by atoms with Crippen LogP contribution in [0.25, 0.3) is 0 Å². The second-order valence-corrected chi connectivity index (χ2v) is 8.89. The highest BCUT2D eigenvalue weighted by Gasteiger charge is 2.37. The number of piperidine rings is 1. The molecule has 1 N–H and O–H groups in total. The van der Waals surface area contributed by atoms with Crippen LogP contribution in [-0.4, -0.2) is 66.8 Å². The van der Waals surface area contributed by atoms with E-state index in [0.29, 0.717) is 18.5 Å². The summed E-state index contributed by atoms with van der Waals surface area (Å²) in [5.74, 6) is 0.955. The number of amides is 1. The second-order valence-electron chi connectivity index (χ2n) is 8.89. The summed E-state index contributed by atoms with van der Waals surface area (Å²) in [4.78, 5) is 17.7. The highest BCUT2D eigenvalue weighted by Crippen LogP contribution is 2.29. The standard InChI is InChI=1S/C23H35N3O2/c1-18-6-5-9-26(21(14-18)15-19-7-3-2-4-8-19)22-16-20(17-23(27)24-22)25-10-12-28-13-11-25/h2-4,7-8,18,20-22H,5-6,9-17H2,1H3,(H,24,27)/t18-,20?,21-,22?/m1/s1. The average Bonchev–Trinajstić information content (AvgIpc) is 2.90. The van der Waals surface area contributed by atoms with Gasteiger partial charge in [0.25, 0.3) is 0 Å². The normalized spacial score (nSPS) is 33.2. The number of likely N-dealkylation sites (tertiary alicyclic amines) is 1. The topological polar surface area (TPSA) is 44.8 Å². The van der Waals surface area contributed by atoms with Crippen LogP contribution < -0.4 is 5.32 Å². The van der Waals surface area contributed by atoms with Gasteiger partial charge in [-0.15, -0.1) is 0 Å². The molecule has 4 atom stereocenters. The molecule has 3 aliphatic rings. The molecule has 0 spiro atoms. The number of carbonyl (C=O) groups is 1. The van der Waals surface area contributed by atoms with E-state index in [-0.39, 0.29) is 12.1 Å². The molecule has 0 aromatic heterocycles. The second kappa shape index (κ2) is 9.38. The molecule has 1 aromatic rings. The fourth-order valence-corrected chi connectivity index (χ4v) is 5.32. The van der Waals surface area contributed by atoms with Crippen molar-refractivity contribution in [2.24, 2.45) is 5.92 Å². The molecule has 28 heavy (non-hydrogen) atoms. The number of rotatable bonds is 4. The number of hydrogen-bond acceptors (Lipinski definition) is 4. The number of ether oxygens (including phenoxy) is 1. The van der Waals surface area contributed by atoms with E-state index in [4.69, 9.17) is 4.74 Å². The summed E-state index contributed by atoms with van der Waals surface area (Å²) in [6.45, 7) is 6.96. The van der Waals surface area contributed by atoms with Crippen LogP contribution in [0, 0.1) is 5.92 Å². The van der Waals surface area contributed by atoms with Crippen LogP contribution in [-0.2, 0) is 16.0 Å². The van der Waals surface area contributed by atoms with Gasteiger partial charge in [0.1, 0.15) is 0 Å². The lowest BCUT2D eigenvalue weighted by Crippen LogP contribution is -2.60. The average molecular weight is 386 g/mol. The van der Waals surface area contributed by atoms with Crippen LogP contribution in [0.1, 0.15) is 44.6 Å². The molecule has 1 aromatic carbocycles. The number of nitrogens with one attached hydrogen (secondary N) is 1. The van der Waals surface area contributed by atoms with E-state index >= 15 is 0 Å². The Morgan fingerprint density at radius 1 is 1.11 bits per heavy atom. The number of carbonyl (C=O) groups excluding carboxylic acids is 1. The third kappa shape index (κ3) is 4.94. The molecule has 0 saturated carbocycles. The summed E-state index contributed by atoms with van der Waals surface area (Å²) in [5, 5.41) is 3.34. The Morgan fingerprint density at radius 2 is 1.89 bits per heavy atom. The summed E-state index contributed by atoms with van der Waals surface area (Å²) in [6.07, 6.45) is 6.61. The number of nitrogens with zero attached hydrogens (tertiary/aromatic N) is 2. The maximum Gasteiger partial charge on any atom is 0.222 e. The van der Waals surface area contributed by atoms with Crippen molar-refractivity contribution in [2.75, 3.05) is 32.8 Å². The monoisotopic (exact) mass is 385 g/mol. The summed E-state index contributed by atoms with van der Waals surface area (Å²) < 4.78 is 5.52. The first-order valence-corrected chi connectivity index (χ1v) is 11.1. The van der Waals surface area contributed by atoms with Crippen molar-refractivity contribution in [3.63, 3.8) is 0 Å². The fraction of sp³-hybridized carbons (Fsp3) is 0.696. The third-order valence-corrected chi connectivity index (χ3v) is 6.78. The quantitative estimate of drug-likeness (QED) is 0.866. The van der Waals surface area contributed by atoms with Crippen molar-refractivity contribution in [3.05, 3.63) is 35.9 Å². The van der Waals surface area contributed by atoms with Crippen LogP contribution in [0.4, 0.5) is 0 Å². The predicted molar refractivity (Wildman–Crippen MR) is 111 cm³/mol. The van der Waals surface area contributed by atoms with E-state index in [2.05, 4.69) is 52.4 Å². The van der Waals surface area contributed by atoms with Crippen LogP contribution >= 0.6 is 0 Å². The maximum atomic E-state index is 12.6. The summed E-state index contributed by atoms with van der Waals surface area (Å²) in [5.41, 5.74) is 1.40. The SMILES string of the molecule is C[C@@H]1CCCN(C2CC(N3CCOCC3)CC(=O)N2)[C@@H](Cc2ccccc2)C1. The van der Waals surface area contributed by atoms with Crippen molar-refractivity contribution >= 4 is 5.91 Å². The van der Waals surface area contributed by atoms with E-state index < -0.39 is 0 Å². The molecule has 2 unspecified atom stereocenters. The molecule has 5 nitrogen and oxygen atoms in total. The van der Waals surface area contributed by atoms with Crippen molar-refractivity contribution in [2.45, 2.75) is 63.7 Å². The van der Waals surface area contributed by atoms with Gasteiger partial charge >= 0.3 is 0 Å². The first-order chi connectivity index (χ1) is 13.7. The summed E-state index contributed by atoms with van der Waals surface area (Å²) in [6, 6.07) is 11.7. The molecular formula is C23H35N3O2. The molecule has 3 saturated heterocycles. The summed E-state index contributed by atoms with van der Waals surface area (Å²) in [7, 11) is 0. The lowest BCUT2D eigenvalue weighted by molar-refractivity contribution is -0.129. The van der Waals surface area contributed by atoms with E-state index in [1.54, 1.807) is 0 Å². The minimum absolute atomic E-state index is 0.160. The zero-order valence-corrected chi connectivity index (χ0v) is 17.2.